The van der Waals surface area contributed by atoms with Crippen LogP contribution in [-0.4, -0.2) is 11.9 Å². The number of allylic oxidation sites excluding steroid dienone is 3. The van der Waals surface area contributed by atoms with Gasteiger partial charge in [0, 0.05) is 18.1 Å². The van der Waals surface area contributed by atoms with Crippen molar-refractivity contribution in [2.45, 2.75) is 6.92 Å². The normalized spacial score (nSPS) is 20.6. The maximum Gasteiger partial charge on any atom is 0.0879 e. The largest absolute Gasteiger partial charge is 0.401 e. The topological polar surface area (TPSA) is 50.7 Å². The number of aliphatic imine (C=N–C) groups is 2. The van der Waals surface area contributed by atoms with Gasteiger partial charge in [0.05, 0.1) is 11.9 Å². The Bertz CT molecular complexity index is 302. The Morgan fingerprint density at radius 1 is 1.75 bits per heavy atom. The summed E-state index contributed by atoms with van der Waals surface area (Å²) in [7, 11) is 0. The van der Waals surface area contributed by atoms with Crippen LogP contribution in [0.15, 0.2) is 46.3 Å². The van der Waals surface area contributed by atoms with Crippen molar-refractivity contribution in [1.82, 2.24) is 0 Å². The number of hydrogen-bond donors (Lipinski definition) is 1. The second-order valence-corrected chi connectivity index (χ2v) is 2.51. The van der Waals surface area contributed by atoms with Crippen LogP contribution in [0.2, 0.25) is 0 Å². The quantitative estimate of drug-likeness (QED) is 0.621. The molecule has 0 saturated heterocycles. The lowest BCUT2D eigenvalue weighted by atomic mass is 10.1. The molecule has 0 aliphatic carbocycles. The van der Waals surface area contributed by atoms with Gasteiger partial charge in [-0.1, -0.05) is 6.58 Å². The summed E-state index contributed by atoms with van der Waals surface area (Å²) >= 11 is 0. The van der Waals surface area contributed by atoms with E-state index in [2.05, 4.69) is 16.6 Å². The molecule has 1 aliphatic rings. The van der Waals surface area contributed by atoms with Crippen LogP contribution in [0.5, 0.6) is 0 Å². The summed E-state index contributed by atoms with van der Waals surface area (Å²) in [5.74, 6) is 0. The fourth-order valence-corrected chi connectivity index (χ4v) is 0.703. The standard InChI is InChI=1S/C9H11N3/c1-7-3-4-11-6-9(7)12-5-8(2)10/h3-6H,1,10H2,2H3/b8-5-,12-9?. The van der Waals surface area contributed by atoms with Gasteiger partial charge in [-0.2, -0.15) is 0 Å². The van der Waals surface area contributed by atoms with Gasteiger partial charge in [0.2, 0.25) is 0 Å². The zero-order valence-electron chi connectivity index (χ0n) is 6.99. The molecule has 0 radical (unpaired) electrons. The summed E-state index contributed by atoms with van der Waals surface area (Å²) < 4.78 is 0. The zero-order valence-corrected chi connectivity index (χ0v) is 6.99. The van der Waals surface area contributed by atoms with Gasteiger partial charge in [0.15, 0.2) is 0 Å². The van der Waals surface area contributed by atoms with E-state index in [1.165, 1.54) is 0 Å². The van der Waals surface area contributed by atoms with E-state index >= 15 is 0 Å². The third-order valence-electron chi connectivity index (χ3n) is 1.29. The van der Waals surface area contributed by atoms with Crippen molar-refractivity contribution in [3.05, 3.63) is 36.3 Å². The van der Waals surface area contributed by atoms with Gasteiger partial charge in [-0.05, 0) is 18.6 Å². The SMILES string of the molecule is C=C1C=CN=CC1=N/C=C(/C)N. The molecule has 0 unspecified atom stereocenters. The maximum atomic E-state index is 5.42. The Hall–Kier alpha value is -1.64. The van der Waals surface area contributed by atoms with Gasteiger partial charge < -0.3 is 5.73 Å². The molecular weight excluding hydrogens is 150 g/mol. The number of nitrogens with two attached hydrogens (primary N) is 1. The van der Waals surface area contributed by atoms with Crippen molar-refractivity contribution < 1.29 is 0 Å². The molecular formula is C9H11N3. The molecule has 62 valence electrons. The summed E-state index contributed by atoms with van der Waals surface area (Å²) in [6.45, 7) is 5.58. The highest BCUT2D eigenvalue weighted by atomic mass is 14.8. The summed E-state index contributed by atoms with van der Waals surface area (Å²) in [5.41, 5.74) is 7.68. The lowest BCUT2D eigenvalue weighted by Gasteiger charge is -2.01. The molecule has 12 heavy (non-hydrogen) atoms. The van der Waals surface area contributed by atoms with Gasteiger partial charge in [-0.15, -0.1) is 0 Å². The van der Waals surface area contributed by atoms with Crippen molar-refractivity contribution in [2.75, 3.05) is 0 Å². The third kappa shape index (κ3) is 2.20. The summed E-state index contributed by atoms with van der Waals surface area (Å²) in [6, 6.07) is 0. The van der Waals surface area contributed by atoms with Crippen LogP contribution >= 0.6 is 0 Å². The Balaban J connectivity index is 2.83. The molecule has 0 bridgehead atoms. The van der Waals surface area contributed by atoms with Crippen LogP contribution in [-0.2, 0) is 0 Å². The first kappa shape index (κ1) is 8.46. The zero-order chi connectivity index (χ0) is 8.97. The molecule has 0 aromatic rings. The molecule has 0 spiro atoms. The molecule has 0 atom stereocenters. The van der Waals surface area contributed by atoms with Crippen molar-refractivity contribution >= 4 is 11.9 Å². The highest BCUT2D eigenvalue weighted by Crippen LogP contribution is 2.02. The van der Waals surface area contributed by atoms with Gasteiger partial charge in [-0.25, -0.2) is 0 Å². The second kappa shape index (κ2) is 3.67. The lowest BCUT2D eigenvalue weighted by molar-refractivity contribution is 1.27. The Labute approximate surface area is 71.7 Å². The third-order valence-corrected chi connectivity index (χ3v) is 1.29. The minimum atomic E-state index is 0.665. The summed E-state index contributed by atoms with van der Waals surface area (Å²) in [4.78, 5) is 8.01. The minimum absolute atomic E-state index is 0.665. The van der Waals surface area contributed by atoms with Gasteiger partial charge in [0.25, 0.3) is 0 Å². The van der Waals surface area contributed by atoms with E-state index in [9.17, 15) is 0 Å². The molecule has 0 saturated carbocycles. The van der Waals surface area contributed by atoms with Crippen LogP contribution in [0.4, 0.5) is 0 Å². The molecule has 0 aromatic carbocycles. The Kier molecular flexibility index (Phi) is 2.58. The number of rotatable bonds is 1. The first-order valence-electron chi connectivity index (χ1n) is 3.59. The molecule has 1 aliphatic heterocycles. The van der Waals surface area contributed by atoms with Crippen LogP contribution in [0.25, 0.3) is 0 Å². The van der Waals surface area contributed by atoms with E-state index in [0.717, 1.165) is 11.3 Å². The lowest BCUT2D eigenvalue weighted by Crippen LogP contribution is -2.04. The molecule has 0 fully saturated rings. The molecule has 3 heteroatoms. The number of nitrogens with zero attached hydrogens (tertiary/aromatic N) is 2. The van der Waals surface area contributed by atoms with E-state index in [1.54, 1.807) is 31.6 Å². The van der Waals surface area contributed by atoms with E-state index in [1.807, 2.05) is 0 Å². The van der Waals surface area contributed by atoms with E-state index < -0.39 is 0 Å². The summed E-state index contributed by atoms with van der Waals surface area (Å²) in [6.07, 6.45) is 6.73. The highest BCUT2D eigenvalue weighted by Gasteiger charge is 1.99. The van der Waals surface area contributed by atoms with E-state index in [4.69, 9.17) is 5.73 Å². The molecule has 1 rings (SSSR count). The second-order valence-electron chi connectivity index (χ2n) is 2.51. The highest BCUT2D eigenvalue weighted by molar-refractivity contribution is 6.39. The Morgan fingerprint density at radius 3 is 3.08 bits per heavy atom. The van der Waals surface area contributed by atoms with Gasteiger partial charge in [0.1, 0.15) is 0 Å². The van der Waals surface area contributed by atoms with Crippen molar-refractivity contribution in [1.29, 1.82) is 0 Å². The fraction of sp³-hybridized carbons (Fsp3) is 0.111. The molecule has 1 heterocycles. The van der Waals surface area contributed by atoms with Crippen molar-refractivity contribution in [3.63, 3.8) is 0 Å². The van der Waals surface area contributed by atoms with Crippen LogP contribution in [0.1, 0.15) is 6.92 Å². The van der Waals surface area contributed by atoms with Gasteiger partial charge >= 0.3 is 0 Å². The first-order valence-corrected chi connectivity index (χ1v) is 3.59. The molecule has 0 amide bonds. The van der Waals surface area contributed by atoms with Crippen molar-refractivity contribution in [2.24, 2.45) is 15.7 Å². The average molecular weight is 161 g/mol. The summed E-state index contributed by atoms with van der Waals surface area (Å²) in [5, 5.41) is 0. The van der Waals surface area contributed by atoms with Crippen molar-refractivity contribution in [3.8, 4) is 0 Å². The van der Waals surface area contributed by atoms with Crippen LogP contribution in [0.3, 0.4) is 0 Å². The predicted octanol–water partition coefficient (Wildman–Crippen LogP) is 1.40. The van der Waals surface area contributed by atoms with E-state index in [-0.39, 0.29) is 0 Å². The Morgan fingerprint density at radius 2 is 2.50 bits per heavy atom. The molecule has 0 aromatic heterocycles. The van der Waals surface area contributed by atoms with Crippen LogP contribution < -0.4 is 5.73 Å². The fourth-order valence-electron chi connectivity index (χ4n) is 0.703. The molecule has 3 nitrogen and oxygen atoms in total. The maximum absolute atomic E-state index is 5.42. The molecule has 2 N–H and O–H groups in total. The predicted molar refractivity (Wildman–Crippen MR) is 52.2 cm³/mol. The number of hydrogen-bond acceptors (Lipinski definition) is 3. The first-order chi connectivity index (χ1) is 5.70. The van der Waals surface area contributed by atoms with Gasteiger partial charge in [-0.3, -0.25) is 9.98 Å². The van der Waals surface area contributed by atoms with Crippen LogP contribution in [0, 0.1) is 0 Å². The monoisotopic (exact) mass is 161 g/mol. The smallest absolute Gasteiger partial charge is 0.0879 e. The minimum Gasteiger partial charge on any atom is -0.401 e. The average Bonchev–Trinajstić information content (AvgIpc) is 2.03. The van der Waals surface area contributed by atoms with E-state index in [0.29, 0.717) is 5.70 Å².